The lowest BCUT2D eigenvalue weighted by atomic mass is 10.2. The first-order valence-electron chi connectivity index (χ1n) is 3.21. The van der Waals surface area contributed by atoms with Gasteiger partial charge in [0, 0.05) is 25.4 Å². The molecular formula is C7H15N3. The Hall–Kier alpha value is -0.990. The molecule has 0 atom stereocenters. The summed E-state index contributed by atoms with van der Waals surface area (Å²) in [6.07, 6.45) is 0. The van der Waals surface area contributed by atoms with E-state index in [1.807, 2.05) is 20.9 Å². The van der Waals surface area contributed by atoms with Gasteiger partial charge in [-0.05, 0) is 13.8 Å². The number of nitrogens with two attached hydrogens (primary N) is 1. The number of nitrogens with zero attached hydrogens (tertiary/aromatic N) is 1. The molecule has 0 amide bonds. The van der Waals surface area contributed by atoms with Gasteiger partial charge in [0.05, 0.1) is 0 Å². The van der Waals surface area contributed by atoms with Crippen molar-refractivity contribution in [2.75, 3.05) is 14.1 Å². The molecule has 0 aliphatic rings. The summed E-state index contributed by atoms with van der Waals surface area (Å²) in [6, 6.07) is 0. The number of rotatable bonds is 1. The van der Waals surface area contributed by atoms with E-state index in [1.54, 1.807) is 7.05 Å². The number of allylic oxidation sites excluding steroid dienone is 1. The van der Waals surface area contributed by atoms with Crippen molar-refractivity contribution in [3.05, 3.63) is 11.3 Å². The van der Waals surface area contributed by atoms with Crippen LogP contribution in [0.5, 0.6) is 0 Å². The van der Waals surface area contributed by atoms with Crippen LogP contribution in [0.3, 0.4) is 0 Å². The lowest BCUT2D eigenvalue weighted by Crippen LogP contribution is -2.21. The van der Waals surface area contributed by atoms with Gasteiger partial charge in [-0.25, -0.2) is 0 Å². The van der Waals surface area contributed by atoms with Crippen molar-refractivity contribution in [1.29, 1.82) is 0 Å². The fourth-order valence-corrected chi connectivity index (χ4v) is 0.654. The van der Waals surface area contributed by atoms with Crippen LogP contribution in [0, 0.1) is 0 Å². The molecule has 0 fully saturated rings. The number of amidine groups is 1. The van der Waals surface area contributed by atoms with E-state index < -0.39 is 0 Å². The van der Waals surface area contributed by atoms with E-state index in [-0.39, 0.29) is 0 Å². The summed E-state index contributed by atoms with van der Waals surface area (Å²) in [6.45, 7) is 3.80. The first-order chi connectivity index (χ1) is 4.63. The normalized spacial score (nSPS) is 14.6. The molecule has 0 unspecified atom stereocenters. The first-order valence-corrected chi connectivity index (χ1v) is 3.21. The van der Waals surface area contributed by atoms with Gasteiger partial charge in [0.1, 0.15) is 5.84 Å². The number of hydrogen-bond donors (Lipinski definition) is 2. The number of likely N-dealkylation sites (N-methyl/N-ethyl adjacent to an activating group) is 1. The molecular weight excluding hydrogens is 126 g/mol. The third-order valence-corrected chi connectivity index (χ3v) is 1.41. The average Bonchev–Trinajstić information content (AvgIpc) is 1.90. The zero-order valence-electron chi connectivity index (χ0n) is 7.02. The van der Waals surface area contributed by atoms with E-state index in [9.17, 15) is 0 Å². The fraction of sp³-hybridized carbons (Fsp3) is 0.571. The highest BCUT2D eigenvalue weighted by atomic mass is 15.0. The predicted octanol–water partition coefficient (Wildman–Crippen LogP) is 0.487. The summed E-state index contributed by atoms with van der Waals surface area (Å²) < 4.78 is 0. The van der Waals surface area contributed by atoms with Gasteiger partial charge in [-0.2, -0.15) is 0 Å². The molecule has 0 aromatic carbocycles. The zero-order chi connectivity index (χ0) is 8.15. The Bertz CT molecular complexity index is 164. The molecule has 0 aliphatic heterocycles. The smallest absolute Gasteiger partial charge is 0.125 e. The van der Waals surface area contributed by atoms with Crippen LogP contribution in [-0.2, 0) is 0 Å². The van der Waals surface area contributed by atoms with Crippen molar-refractivity contribution in [3.8, 4) is 0 Å². The highest BCUT2D eigenvalue weighted by Crippen LogP contribution is 1.97. The number of aliphatic imine (C=N–C) groups is 1. The maximum absolute atomic E-state index is 5.55. The van der Waals surface area contributed by atoms with Gasteiger partial charge in [-0.15, -0.1) is 0 Å². The minimum atomic E-state index is 0.801. The number of hydrogen-bond acceptors (Lipinski definition) is 2. The quantitative estimate of drug-likeness (QED) is 0.412. The zero-order valence-corrected chi connectivity index (χ0v) is 7.02. The Balaban J connectivity index is 4.48. The molecule has 10 heavy (non-hydrogen) atoms. The molecule has 0 bridgehead atoms. The average molecular weight is 141 g/mol. The van der Waals surface area contributed by atoms with Crippen molar-refractivity contribution in [2.24, 2.45) is 10.7 Å². The third kappa shape index (κ3) is 2.09. The maximum Gasteiger partial charge on any atom is 0.125 e. The largest absolute Gasteiger partial charge is 0.402 e. The van der Waals surface area contributed by atoms with Crippen molar-refractivity contribution in [2.45, 2.75) is 13.8 Å². The van der Waals surface area contributed by atoms with Gasteiger partial charge in [0.25, 0.3) is 0 Å². The lowest BCUT2D eigenvalue weighted by Gasteiger charge is -2.05. The molecule has 0 aromatic rings. The highest BCUT2D eigenvalue weighted by molar-refractivity contribution is 5.97. The van der Waals surface area contributed by atoms with Crippen LogP contribution >= 0.6 is 0 Å². The fourth-order valence-electron chi connectivity index (χ4n) is 0.654. The van der Waals surface area contributed by atoms with Crippen molar-refractivity contribution < 1.29 is 0 Å². The second-order valence-electron chi connectivity index (χ2n) is 2.13. The van der Waals surface area contributed by atoms with Crippen LogP contribution < -0.4 is 11.1 Å². The summed E-state index contributed by atoms with van der Waals surface area (Å²) >= 11 is 0. The van der Waals surface area contributed by atoms with Gasteiger partial charge in [-0.3, -0.25) is 4.99 Å². The molecule has 0 saturated heterocycles. The molecule has 3 heteroatoms. The Kier molecular flexibility index (Phi) is 3.54. The highest BCUT2D eigenvalue weighted by Gasteiger charge is 1.98. The monoisotopic (exact) mass is 141 g/mol. The predicted molar refractivity (Wildman–Crippen MR) is 45.0 cm³/mol. The van der Waals surface area contributed by atoms with Crippen molar-refractivity contribution in [3.63, 3.8) is 0 Å². The molecule has 3 N–H and O–H groups in total. The van der Waals surface area contributed by atoms with E-state index in [0.29, 0.717) is 0 Å². The van der Waals surface area contributed by atoms with E-state index in [2.05, 4.69) is 10.3 Å². The Morgan fingerprint density at radius 1 is 1.40 bits per heavy atom. The van der Waals surface area contributed by atoms with Gasteiger partial charge < -0.3 is 11.1 Å². The Morgan fingerprint density at radius 2 is 1.90 bits per heavy atom. The molecule has 0 saturated carbocycles. The Morgan fingerprint density at radius 3 is 2.00 bits per heavy atom. The SMILES string of the molecule is CN=C(NC)/C(C)=C(/C)N. The summed E-state index contributed by atoms with van der Waals surface area (Å²) in [5.41, 5.74) is 7.35. The van der Waals surface area contributed by atoms with Gasteiger partial charge in [-0.1, -0.05) is 0 Å². The van der Waals surface area contributed by atoms with Crippen LogP contribution in [0.15, 0.2) is 16.3 Å². The van der Waals surface area contributed by atoms with Gasteiger partial charge in [0.2, 0.25) is 0 Å². The van der Waals surface area contributed by atoms with E-state index in [4.69, 9.17) is 5.73 Å². The summed E-state index contributed by atoms with van der Waals surface area (Å²) in [7, 11) is 3.56. The molecule has 3 nitrogen and oxygen atoms in total. The van der Waals surface area contributed by atoms with Crippen LogP contribution in [0.25, 0.3) is 0 Å². The molecule has 58 valence electrons. The van der Waals surface area contributed by atoms with Crippen molar-refractivity contribution in [1.82, 2.24) is 5.32 Å². The van der Waals surface area contributed by atoms with Gasteiger partial charge in [0.15, 0.2) is 0 Å². The second kappa shape index (κ2) is 3.93. The second-order valence-corrected chi connectivity index (χ2v) is 2.13. The number of nitrogens with one attached hydrogen (secondary N) is 1. The maximum atomic E-state index is 5.55. The molecule has 0 heterocycles. The standard InChI is InChI=1S/C7H15N3/c1-5(6(2)8)7(9-3)10-4/h8H2,1-4H3,(H,9,10)/b6-5-. The van der Waals surface area contributed by atoms with Crippen molar-refractivity contribution >= 4 is 5.84 Å². The van der Waals surface area contributed by atoms with E-state index >= 15 is 0 Å². The summed E-state index contributed by atoms with van der Waals surface area (Å²) in [5.74, 6) is 0.847. The van der Waals surface area contributed by atoms with Gasteiger partial charge >= 0.3 is 0 Å². The molecule has 0 rings (SSSR count). The lowest BCUT2D eigenvalue weighted by molar-refractivity contribution is 1.12. The Labute approximate surface area is 62.0 Å². The summed E-state index contributed by atoms with van der Waals surface area (Å²) in [4.78, 5) is 4.00. The van der Waals surface area contributed by atoms with E-state index in [0.717, 1.165) is 17.1 Å². The molecule has 0 spiro atoms. The molecule has 0 radical (unpaired) electrons. The minimum absolute atomic E-state index is 0.801. The minimum Gasteiger partial charge on any atom is -0.402 e. The third-order valence-electron chi connectivity index (χ3n) is 1.41. The van der Waals surface area contributed by atoms with Crippen LogP contribution in [0.4, 0.5) is 0 Å². The summed E-state index contributed by atoms with van der Waals surface area (Å²) in [5, 5.41) is 2.94. The van der Waals surface area contributed by atoms with Crippen LogP contribution in [-0.4, -0.2) is 19.9 Å². The van der Waals surface area contributed by atoms with Crippen LogP contribution in [0.1, 0.15) is 13.8 Å². The van der Waals surface area contributed by atoms with E-state index in [1.165, 1.54) is 0 Å². The topological polar surface area (TPSA) is 50.4 Å². The molecule has 0 aliphatic carbocycles. The first kappa shape index (κ1) is 9.01. The van der Waals surface area contributed by atoms with Crippen LogP contribution in [0.2, 0.25) is 0 Å². The molecule has 0 aromatic heterocycles.